The summed E-state index contributed by atoms with van der Waals surface area (Å²) in [5, 5.41) is 2.85. The molecule has 2 heteroatoms. The highest BCUT2D eigenvalue weighted by Crippen LogP contribution is 2.22. The van der Waals surface area contributed by atoms with Crippen LogP contribution in [-0.2, 0) is 4.79 Å². The van der Waals surface area contributed by atoms with Crippen LogP contribution in [0.15, 0.2) is 11.3 Å². The van der Waals surface area contributed by atoms with Crippen molar-refractivity contribution in [2.24, 2.45) is 5.92 Å². The van der Waals surface area contributed by atoms with Gasteiger partial charge in [-0.05, 0) is 24.8 Å². The van der Waals surface area contributed by atoms with Crippen LogP contribution >= 0.6 is 0 Å². The van der Waals surface area contributed by atoms with Crippen molar-refractivity contribution in [2.45, 2.75) is 33.6 Å². The average Bonchev–Trinajstić information content (AvgIpc) is 1.85. The quantitative estimate of drug-likeness (QED) is 0.611. The van der Waals surface area contributed by atoms with Gasteiger partial charge in [0.05, 0.1) is 0 Å². The van der Waals surface area contributed by atoms with Crippen LogP contribution in [0.1, 0.15) is 33.6 Å². The van der Waals surface area contributed by atoms with E-state index in [2.05, 4.69) is 19.2 Å². The van der Waals surface area contributed by atoms with Crippen LogP contribution in [0.25, 0.3) is 0 Å². The fourth-order valence-electron chi connectivity index (χ4n) is 1.51. The summed E-state index contributed by atoms with van der Waals surface area (Å²) < 4.78 is 0. The van der Waals surface area contributed by atoms with Gasteiger partial charge < -0.3 is 5.32 Å². The van der Waals surface area contributed by atoms with Crippen molar-refractivity contribution in [3.63, 3.8) is 0 Å². The lowest BCUT2D eigenvalue weighted by Crippen LogP contribution is -2.27. The highest BCUT2D eigenvalue weighted by Gasteiger charge is 2.16. The highest BCUT2D eigenvalue weighted by atomic mass is 16.1. The van der Waals surface area contributed by atoms with E-state index in [0.717, 1.165) is 12.1 Å². The molecule has 1 rings (SSSR count). The zero-order valence-corrected chi connectivity index (χ0v) is 7.40. The van der Waals surface area contributed by atoms with E-state index in [9.17, 15) is 4.79 Å². The molecule has 0 saturated heterocycles. The predicted octanol–water partition coefficient (Wildman–Crippen LogP) is 1.83. The molecule has 0 radical (unpaired) electrons. The molecule has 62 valence electrons. The van der Waals surface area contributed by atoms with Gasteiger partial charge in [-0.1, -0.05) is 13.8 Å². The van der Waals surface area contributed by atoms with E-state index in [1.165, 1.54) is 5.57 Å². The van der Waals surface area contributed by atoms with Crippen molar-refractivity contribution in [3.05, 3.63) is 11.3 Å². The van der Waals surface area contributed by atoms with E-state index in [1.807, 2.05) is 6.92 Å². The van der Waals surface area contributed by atoms with Crippen molar-refractivity contribution in [2.75, 3.05) is 0 Å². The first kappa shape index (κ1) is 8.31. The van der Waals surface area contributed by atoms with Gasteiger partial charge in [0, 0.05) is 12.1 Å². The molecule has 0 aromatic rings. The Morgan fingerprint density at radius 3 is 2.45 bits per heavy atom. The minimum Gasteiger partial charge on any atom is -0.330 e. The largest absolute Gasteiger partial charge is 0.330 e. The average molecular weight is 153 g/mol. The van der Waals surface area contributed by atoms with Crippen LogP contribution in [-0.4, -0.2) is 5.91 Å². The van der Waals surface area contributed by atoms with E-state index >= 15 is 0 Å². The molecule has 1 amide bonds. The Balaban J connectivity index is 2.77. The third kappa shape index (κ3) is 1.82. The standard InChI is InChI=1S/C9H15NO/c1-6(2)8-4-5-9(11)10-7(8)3/h6H,4-5H2,1-3H3,(H,10,11). The number of amides is 1. The molecule has 0 aromatic heterocycles. The molecule has 1 N–H and O–H groups in total. The second-order valence-corrected chi connectivity index (χ2v) is 3.35. The topological polar surface area (TPSA) is 29.1 Å². The van der Waals surface area contributed by atoms with Gasteiger partial charge in [0.15, 0.2) is 0 Å². The van der Waals surface area contributed by atoms with Crippen LogP contribution < -0.4 is 5.32 Å². The lowest BCUT2D eigenvalue weighted by molar-refractivity contribution is -0.120. The molecule has 0 unspecified atom stereocenters. The summed E-state index contributed by atoms with van der Waals surface area (Å²) in [6, 6.07) is 0. The minimum atomic E-state index is 0.159. The number of hydrogen-bond acceptors (Lipinski definition) is 1. The molecule has 0 aliphatic carbocycles. The zero-order chi connectivity index (χ0) is 8.43. The maximum Gasteiger partial charge on any atom is 0.224 e. The molecule has 11 heavy (non-hydrogen) atoms. The summed E-state index contributed by atoms with van der Waals surface area (Å²) in [5.41, 5.74) is 2.46. The first-order valence-corrected chi connectivity index (χ1v) is 4.10. The van der Waals surface area contributed by atoms with Gasteiger partial charge in [-0.15, -0.1) is 0 Å². The van der Waals surface area contributed by atoms with E-state index in [-0.39, 0.29) is 5.91 Å². The van der Waals surface area contributed by atoms with E-state index in [1.54, 1.807) is 0 Å². The number of allylic oxidation sites excluding steroid dienone is 2. The summed E-state index contributed by atoms with van der Waals surface area (Å²) in [7, 11) is 0. The van der Waals surface area contributed by atoms with Gasteiger partial charge >= 0.3 is 0 Å². The van der Waals surface area contributed by atoms with E-state index < -0.39 is 0 Å². The maximum atomic E-state index is 10.9. The maximum absolute atomic E-state index is 10.9. The number of hydrogen-bond donors (Lipinski definition) is 1. The van der Waals surface area contributed by atoms with E-state index in [0.29, 0.717) is 12.3 Å². The summed E-state index contributed by atoms with van der Waals surface area (Å²) >= 11 is 0. The van der Waals surface area contributed by atoms with Crippen LogP contribution in [0.2, 0.25) is 0 Å². The van der Waals surface area contributed by atoms with Gasteiger partial charge in [-0.2, -0.15) is 0 Å². The van der Waals surface area contributed by atoms with Crippen LogP contribution in [0.4, 0.5) is 0 Å². The number of rotatable bonds is 1. The van der Waals surface area contributed by atoms with Gasteiger partial charge in [0.1, 0.15) is 0 Å². The summed E-state index contributed by atoms with van der Waals surface area (Å²) in [6.07, 6.45) is 1.60. The van der Waals surface area contributed by atoms with Gasteiger partial charge in [-0.3, -0.25) is 4.79 Å². The fourth-order valence-corrected chi connectivity index (χ4v) is 1.51. The second-order valence-electron chi connectivity index (χ2n) is 3.35. The van der Waals surface area contributed by atoms with Crippen LogP contribution in [0.3, 0.4) is 0 Å². The Morgan fingerprint density at radius 2 is 2.00 bits per heavy atom. The Hall–Kier alpha value is -0.790. The van der Waals surface area contributed by atoms with Crippen molar-refractivity contribution in [1.29, 1.82) is 0 Å². The van der Waals surface area contributed by atoms with Crippen LogP contribution in [0, 0.1) is 5.92 Å². The van der Waals surface area contributed by atoms with E-state index in [4.69, 9.17) is 0 Å². The van der Waals surface area contributed by atoms with Gasteiger partial charge in [-0.25, -0.2) is 0 Å². The Kier molecular flexibility index (Phi) is 2.32. The predicted molar refractivity (Wildman–Crippen MR) is 44.9 cm³/mol. The lowest BCUT2D eigenvalue weighted by Gasteiger charge is -2.20. The first-order valence-electron chi connectivity index (χ1n) is 4.10. The normalized spacial score (nSPS) is 19.1. The van der Waals surface area contributed by atoms with Gasteiger partial charge in [0.25, 0.3) is 0 Å². The SMILES string of the molecule is CC1=C(C(C)C)CCC(=O)N1. The molecule has 0 spiro atoms. The Labute approximate surface area is 67.7 Å². The molecule has 0 atom stereocenters. The number of carbonyl (C=O) groups is 1. The van der Waals surface area contributed by atoms with Crippen molar-refractivity contribution in [1.82, 2.24) is 5.32 Å². The summed E-state index contributed by atoms with van der Waals surface area (Å²) in [4.78, 5) is 10.9. The molecule has 0 fully saturated rings. The first-order chi connectivity index (χ1) is 5.11. The monoisotopic (exact) mass is 153 g/mol. The van der Waals surface area contributed by atoms with Crippen molar-refractivity contribution < 1.29 is 4.79 Å². The van der Waals surface area contributed by atoms with Gasteiger partial charge in [0.2, 0.25) is 5.91 Å². The molecule has 0 bridgehead atoms. The van der Waals surface area contributed by atoms with Crippen LogP contribution in [0.5, 0.6) is 0 Å². The summed E-state index contributed by atoms with van der Waals surface area (Å²) in [6.45, 7) is 6.30. The number of nitrogens with one attached hydrogen (secondary N) is 1. The molecular formula is C9H15NO. The molecule has 1 aliphatic rings. The summed E-state index contributed by atoms with van der Waals surface area (Å²) in [5.74, 6) is 0.725. The van der Waals surface area contributed by atoms with Crippen molar-refractivity contribution in [3.8, 4) is 0 Å². The molecule has 2 nitrogen and oxygen atoms in total. The Bertz CT molecular complexity index is 204. The molecule has 1 aliphatic heterocycles. The Morgan fingerprint density at radius 1 is 1.36 bits per heavy atom. The minimum absolute atomic E-state index is 0.159. The fraction of sp³-hybridized carbons (Fsp3) is 0.667. The second kappa shape index (κ2) is 3.07. The molecule has 1 heterocycles. The van der Waals surface area contributed by atoms with Crippen molar-refractivity contribution >= 4 is 5.91 Å². The molecular weight excluding hydrogens is 138 g/mol. The third-order valence-corrected chi connectivity index (χ3v) is 2.13. The zero-order valence-electron chi connectivity index (χ0n) is 7.40. The highest BCUT2D eigenvalue weighted by molar-refractivity contribution is 5.79. The molecule has 0 saturated carbocycles. The smallest absolute Gasteiger partial charge is 0.224 e. The number of carbonyl (C=O) groups excluding carboxylic acids is 1. The lowest BCUT2D eigenvalue weighted by atomic mass is 9.94. The molecule has 0 aromatic carbocycles. The third-order valence-electron chi connectivity index (χ3n) is 2.13.